The quantitative estimate of drug-likeness (QED) is 0.665. The molecule has 0 atom stereocenters. The molecule has 0 unspecified atom stereocenters. The molecule has 1 aromatic heterocycles. The highest BCUT2D eigenvalue weighted by atomic mass is 32.2. The van der Waals surface area contributed by atoms with Crippen molar-refractivity contribution in [3.05, 3.63) is 41.7 Å². The predicted octanol–water partition coefficient (Wildman–Crippen LogP) is 2.70. The lowest BCUT2D eigenvalue weighted by Crippen LogP contribution is -2.05. The summed E-state index contributed by atoms with van der Waals surface area (Å²) in [5, 5.41) is 0.745. The molecular weight excluding hydrogens is 248 g/mol. The fraction of sp³-hybridized carbons (Fsp3) is 0.231. The van der Waals surface area contributed by atoms with Crippen LogP contribution in [0.5, 0.6) is 5.75 Å². The average molecular weight is 262 g/mol. The summed E-state index contributed by atoms with van der Waals surface area (Å²) < 4.78 is 5.23. The van der Waals surface area contributed by atoms with E-state index < -0.39 is 0 Å². The molecule has 94 valence electrons. The number of H-pyrrole nitrogens is 1. The van der Waals surface area contributed by atoms with E-state index in [1.165, 1.54) is 11.8 Å². The zero-order valence-corrected chi connectivity index (χ0v) is 11.1. The molecule has 4 nitrogen and oxygen atoms in total. The number of benzene rings is 1. The van der Waals surface area contributed by atoms with Crippen LogP contribution in [0.3, 0.4) is 0 Å². The second kappa shape index (κ2) is 5.73. The second-order valence-electron chi connectivity index (χ2n) is 3.81. The van der Waals surface area contributed by atoms with Gasteiger partial charge in [0.05, 0.1) is 18.4 Å². The first kappa shape index (κ1) is 12.7. The van der Waals surface area contributed by atoms with Crippen LogP contribution in [-0.4, -0.2) is 28.6 Å². The van der Waals surface area contributed by atoms with E-state index in [1.54, 1.807) is 25.6 Å². The summed E-state index contributed by atoms with van der Waals surface area (Å²) >= 11 is 1.38. The molecule has 1 heterocycles. The molecule has 0 aliphatic heterocycles. The number of hydrogen-bond acceptors (Lipinski definition) is 4. The van der Waals surface area contributed by atoms with E-state index in [0.717, 1.165) is 10.7 Å². The molecule has 0 radical (unpaired) electrons. The van der Waals surface area contributed by atoms with Gasteiger partial charge in [-0.3, -0.25) is 4.79 Å². The molecule has 0 bridgehead atoms. The number of carbonyl (C=O) groups is 1. The molecule has 18 heavy (non-hydrogen) atoms. The molecule has 2 aromatic rings. The number of rotatable bonds is 5. The Kier molecular flexibility index (Phi) is 4.04. The first-order valence-electron chi connectivity index (χ1n) is 5.50. The largest absolute Gasteiger partial charge is 0.496 e. The molecule has 5 heteroatoms. The van der Waals surface area contributed by atoms with Crippen molar-refractivity contribution in [2.45, 2.75) is 12.1 Å². The van der Waals surface area contributed by atoms with Gasteiger partial charge in [0, 0.05) is 12.4 Å². The number of nitrogens with one attached hydrogen (secondary N) is 1. The number of carbonyl (C=O) groups excluding carboxylic acids is 1. The highest BCUT2D eigenvalue weighted by molar-refractivity contribution is 7.99. The van der Waals surface area contributed by atoms with E-state index in [4.69, 9.17) is 4.74 Å². The number of methoxy groups -OCH3 is 1. The average Bonchev–Trinajstić information content (AvgIpc) is 2.88. The standard InChI is InChI=1S/C13H14N2O2S/c1-9-3-4-10(12(7-9)17-2)11(16)8-18-13-14-5-6-15-13/h3-7H,8H2,1-2H3,(H,14,15). The van der Waals surface area contributed by atoms with Crippen molar-refractivity contribution in [2.24, 2.45) is 0 Å². The first-order valence-corrected chi connectivity index (χ1v) is 6.49. The van der Waals surface area contributed by atoms with E-state index >= 15 is 0 Å². The van der Waals surface area contributed by atoms with Crippen molar-refractivity contribution < 1.29 is 9.53 Å². The highest BCUT2D eigenvalue weighted by Crippen LogP contribution is 2.23. The number of nitrogens with zero attached hydrogens (tertiary/aromatic N) is 1. The molecule has 0 saturated heterocycles. The van der Waals surface area contributed by atoms with Crippen LogP contribution >= 0.6 is 11.8 Å². The van der Waals surface area contributed by atoms with Gasteiger partial charge in [-0.05, 0) is 24.6 Å². The zero-order chi connectivity index (χ0) is 13.0. The predicted molar refractivity (Wildman–Crippen MR) is 71.4 cm³/mol. The minimum atomic E-state index is 0.0354. The van der Waals surface area contributed by atoms with Crippen LogP contribution in [0.2, 0.25) is 0 Å². The highest BCUT2D eigenvalue weighted by Gasteiger charge is 2.13. The van der Waals surface area contributed by atoms with Crippen LogP contribution in [0.4, 0.5) is 0 Å². The molecule has 0 amide bonds. The van der Waals surface area contributed by atoms with Gasteiger partial charge in [0.15, 0.2) is 10.9 Å². The molecule has 0 saturated carbocycles. The van der Waals surface area contributed by atoms with Crippen molar-refractivity contribution in [2.75, 3.05) is 12.9 Å². The number of hydrogen-bond donors (Lipinski definition) is 1. The Hall–Kier alpha value is -1.75. The molecule has 1 N–H and O–H groups in total. The van der Waals surface area contributed by atoms with Crippen LogP contribution in [0.1, 0.15) is 15.9 Å². The van der Waals surface area contributed by atoms with Crippen molar-refractivity contribution in [3.8, 4) is 5.75 Å². The van der Waals surface area contributed by atoms with Crippen LogP contribution in [0, 0.1) is 6.92 Å². The fourth-order valence-electron chi connectivity index (χ4n) is 1.57. The molecule has 1 aromatic carbocycles. The molecule has 0 fully saturated rings. The Labute approximate surface area is 110 Å². The smallest absolute Gasteiger partial charge is 0.176 e. The lowest BCUT2D eigenvalue weighted by molar-refractivity contribution is 0.101. The topological polar surface area (TPSA) is 55.0 Å². The Balaban J connectivity index is 2.09. The Morgan fingerprint density at radius 2 is 2.33 bits per heavy atom. The summed E-state index contributed by atoms with van der Waals surface area (Å²) in [6.45, 7) is 1.97. The maximum atomic E-state index is 12.1. The maximum Gasteiger partial charge on any atom is 0.176 e. The van der Waals surface area contributed by atoms with Gasteiger partial charge >= 0.3 is 0 Å². The second-order valence-corrected chi connectivity index (χ2v) is 4.77. The van der Waals surface area contributed by atoms with E-state index in [-0.39, 0.29) is 5.78 Å². The number of aromatic amines is 1. The number of aryl methyl sites for hydroxylation is 1. The van der Waals surface area contributed by atoms with Crippen molar-refractivity contribution in [1.29, 1.82) is 0 Å². The summed E-state index contributed by atoms with van der Waals surface area (Å²) in [4.78, 5) is 19.1. The summed E-state index contributed by atoms with van der Waals surface area (Å²) in [5.74, 6) is 1.00. The summed E-state index contributed by atoms with van der Waals surface area (Å²) in [6, 6.07) is 5.58. The molecule has 0 spiro atoms. The Bertz CT molecular complexity index is 538. The van der Waals surface area contributed by atoms with E-state index in [9.17, 15) is 4.79 Å². The molecule has 0 aliphatic carbocycles. The lowest BCUT2D eigenvalue weighted by Gasteiger charge is -2.07. The molecule has 0 aliphatic rings. The number of aromatic nitrogens is 2. The minimum Gasteiger partial charge on any atom is -0.496 e. The van der Waals surface area contributed by atoms with Gasteiger partial charge in [0.25, 0.3) is 0 Å². The van der Waals surface area contributed by atoms with Crippen LogP contribution in [0.25, 0.3) is 0 Å². The van der Waals surface area contributed by atoms with Crippen molar-refractivity contribution in [3.63, 3.8) is 0 Å². The van der Waals surface area contributed by atoms with Crippen molar-refractivity contribution >= 4 is 17.5 Å². The fourth-order valence-corrected chi connectivity index (χ4v) is 2.28. The number of imidazole rings is 1. The molecular formula is C13H14N2O2S. The van der Waals surface area contributed by atoms with Gasteiger partial charge in [0.1, 0.15) is 5.75 Å². The van der Waals surface area contributed by atoms with E-state index in [2.05, 4.69) is 9.97 Å². The van der Waals surface area contributed by atoms with Gasteiger partial charge < -0.3 is 9.72 Å². The number of ketones is 1. The summed E-state index contributed by atoms with van der Waals surface area (Å²) in [7, 11) is 1.57. The van der Waals surface area contributed by atoms with Gasteiger partial charge in [0.2, 0.25) is 0 Å². The van der Waals surface area contributed by atoms with E-state index in [0.29, 0.717) is 17.1 Å². The van der Waals surface area contributed by atoms with Gasteiger partial charge in [-0.25, -0.2) is 4.98 Å². The lowest BCUT2D eigenvalue weighted by atomic mass is 10.1. The third-order valence-corrected chi connectivity index (χ3v) is 3.37. The maximum absolute atomic E-state index is 12.1. The monoisotopic (exact) mass is 262 g/mol. The minimum absolute atomic E-state index is 0.0354. The normalized spacial score (nSPS) is 10.3. The number of thioether (sulfide) groups is 1. The Morgan fingerprint density at radius 1 is 1.50 bits per heavy atom. The number of ether oxygens (including phenoxy) is 1. The van der Waals surface area contributed by atoms with Gasteiger partial charge in [-0.15, -0.1) is 0 Å². The van der Waals surface area contributed by atoms with Crippen molar-refractivity contribution in [1.82, 2.24) is 9.97 Å². The first-order chi connectivity index (χ1) is 8.70. The van der Waals surface area contributed by atoms with Gasteiger partial charge in [-0.1, -0.05) is 17.8 Å². The molecule has 2 rings (SSSR count). The zero-order valence-electron chi connectivity index (χ0n) is 10.3. The third-order valence-electron chi connectivity index (χ3n) is 2.47. The third kappa shape index (κ3) is 2.92. The summed E-state index contributed by atoms with van der Waals surface area (Å²) in [5.41, 5.74) is 1.68. The SMILES string of the molecule is COc1cc(C)ccc1C(=O)CSc1ncc[nH]1. The Morgan fingerprint density at radius 3 is 3.00 bits per heavy atom. The van der Waals surface area contributed by atoms with Crippen LogP contribution in [-0.2, 0) is 0 Å². The van der Waals surface area contributed by atoms with Crippen LogP contribution in [0.15, 0.2) is 35.7 Å². The van der Waals surface area contributed by atoms with E-state index in [1.807, 2.05) is 19.1 Å². The number of Topliss-reactive ketones (excluding diaryl/α,β-unsaturated/α-hetero) is 1. The van der Waals surface area contributed by atoms with Crippen LogP contribution < -0.4 is 4.74 Å². The van der Waals surface area contributed by atoms with Gasteiger partial charge in [-0.2, -0.15) is 0 Å². The summed E-state index contributed by atoms with van der Waals surface area (Å²) in [6.07, 6.45) is 3.40.